The van der Waals surface area contributed by atoms with Gasteiger partial charge in [0.25, 0.3) is 0 Å². The molecule has 0 aliphatic heterocycles. The summed E-state index contributed by atoms with van der Waals surface area (Å²) in [7, 11) is 0. The van der Waals surface area contributed by atoms with Crippen LogP contribution in [0.3, 0.4) is 0 Å². The van der Waals surface area contributed by atoms with Crippen LogP contribution in [0, 0.1) is 13.8 Å². The van der Waals surface area contributed by atoms with Crippen molar-refractivity contribution in [2.24, 2.45) is 0 Å². The van der Waals surface area contributed by atoms with Crippen molar-refractivity contribution in [3.8, 4) is 0 Å². The first kappa shape index (κ1) is 14.4. The molecule has 3 heteroatoms. The van der Waals surface area contributed by atoms with E-state index < -0.39 is 0 Å². The Labute approximate surface area is 120 Å². The molecule has 104 valence electrons. The number of alkyl halides is 1. The van der Waals surface area contributed by atoms with Crippen molar-refractivity contribution in [1.29, 1.82) is 0 Å². The average molecular weight is 280 g/mol. The van der Waals surface area contributed by atoms with Crippen molar-refractivity contribution in [1.82, 2.24) is 5.32 Å². The van der Waals surface area contributed by atoms with Crippen LogP contribution in [0.2, 0.25) is 0 Å². The van der Waals surface area contributed by atoms with Gasteiger partial charge in [0.1, 0.15) is 0 Å². The van der Waals surface area contributed by atoms with E-state index in [1.165, 1.54) is 17.5 Å². The Morgan fingerprint density at radius 2 is 2.05 bits per heavy atom. The molecule has 19 heavy (non-hydrogen) atoms. The number of hydrogen-bond acceptors (Lipinski definition) is 1. The Morgan fingerprint density at radius 1 is 1.32 bits per heavy atom. The van der Waals surface area contributed by atoms with Crippen LogP contribution in [-0.2, 0) is 11.2 Å². The fourth-order valence-electron chi connectivity index (χ4n) is 2.67. The largest absolute Gasteiger partial charge is 0.352 e. The van der Waals surface area contributed by atoms with Gasteiger partial charge in [-0.15, -0.1) is 11.6 Å². The van der Waals surface area contributed by atoms with Gasteiger partial charge in [0.05, 0.1) is 11.8 Å². The van der Waals surface area contributed by atoms with Crippen LogP contribution in [0.5, 0.6) is 0 Å². The normalized spacial score (nSPS) is 23.1. The summed E-state index contributed by atoms with van der Waals surface area (Å²) in [5, 5.41) is 3.19. The third-order valence-electron chi connectivity index (χ3n) is 3.88. The van der Waals surface area contributed by atoms with Gasteiger partial charge in [0.2, 0.25) is 5.91 Å². The summed E-state index contributed by atoms with van der Waals surface area (Å²) in [4.78, 5) is 12.1. The summed E-state index contributed by atoms with van der Waals surface area (Å²) >= 11 is 6.27. The molecule has 1 aliphatic rings. The Bertz CT molecular complexity index is 458. The second-order valence-corrected chi connectivity index (χ2v) is 6.14. The number of aryl methyl sites for hydroxylation is 2. The highest BCUT2D eigenvalue weighted by Gasteiger charge is 2.24. The van der Waals surface area contributed by atoms with Gasteiger partial charge < -0.3 is 5.32 Å². The zero-order valence-corrected chi connectivity index (χ0v) is 12.5. The van der Waals surface area contributed by atoms with Gasteiger partial charge in [-0.3, -0.25) is 4.79 Å². The summed E-state index contributed by atoms with van der Waals surface area (Å²) < 4.78 is 0. The molecule has 2 atom stereocenters. The molecule has 2 rings (SSSR count). The van der Waals surface area contributed by atoms with Gasteiger partial charge >= 0.3 is 0 Å². The molecular weight excluding hydrogens is 258 g/mol. The molecule has 1 aliphatic carbocycles. The van der Waals surface area contributed by atoms with E-state index in [9.17, 15) is 4.79 Å². The van der Waals surface area contributed by atoms with E-state index in [-0.39, 0.29) is 17.3 Å². The molecule has 0 radical (unpaired) electrons. The number of carbonyl (C=O) groups excluding carboxylic acids is 1. The molecule has 1 amide bonds. The molecule has 0 saturated heterocycles. The van der Waals surface area contributed by atoms with Crippen molar-refractivity contribution in [3.63, 3.8) is 0 Å². The Balaban J connectivity index is 1.95. The first-order valence-corrected chi connectivity index (χ1v) is 7.49. The Morgan fingerprint density at radius 3 is 2.79 bits per heavy atom. The van der Waals surface area contributed by atoms with E-state index in [0.717, 1.165) is 24.8 Å². The maximum Gasteiger partial charge on any atom is 0.224 e. The lowest BCUT2D eigenvalue weighted by atomic mass is 9.94. The number of nitrogens with one attached hydrogen (secondary N) is 1. The zero-order chi connectivity index (χ0) is 13.8. The van der Waals surface area contributed by atoms with Crippen molar-refractivity contribution >= 4 is 17.5 Å². The summed E-state index contributed by atoms with van der Waals surface area (Å²) in [6, 6.07) is 6.39. The smallest absolute Gasteiger partial charge is 0.224 e. The third-order valence-corrected chi connectivity index (χ3v) is 4.41. The van der Waals surface area contributed by atoms with E-state index in [4.69, 9.17) is 11.6 Å². The number of rotatable bonds is 3. The molecule has 1 fully saturated rings. The highest BCUT2D eigenvalue weighted by atomic mass is 35.5. The van der Waals surface area contributed by atoms with Gasteiger partial charge in [0, 0.05) is 6.04 Å². The van der Waals surface area contributed by atoms with Crippen LogP contribution in [-0.4, -0.2) is 17.3 Å². The quantitative estimate of drug-likeness (QED) is 0.843. The van der Waals surface area contributed by atoms with Crippen LogP contribution in [0.1, 0.15) is 42.4 Å². The van der Waals surface area contributed by atoms with Crippen LogP contribution in [0.15, 0.2) is 18.2 Å². The maximum atomic E-state index is 12.1. The van der Waals surface area contributed by atoms with E-state index in [1.807, 2.05) is 6.92 Å². The van der Waals surface area contributed by atoms with Gasteiger partial charge in [-0.05, 0) is 37.8 Å². The monoisotopic (exact) mass is 279 g/mol. The van der Waals surface area contributed by atoms with Gasteiger partial charge in [-0.25, -0.2) is 0 Å². The Kier molecular flexibility index (Phi) is 4.87. The summed E-state index contributed by atoms with van der Waals surface area (Å²) in [6.45, 7) is 4.10. The lowest BCUT2D eigenvalue weighted by molar-refractivity contribution is -0.121. The van der Waals surface area contributed by atoms with Crippen molar-refractivity contribution in [3.05, 3.63) is 34.9 Å². The van der Waals surface area contributed by atoms with Crippen molar-refractivity contribution in [2.45, 2.75) is 57.4 Å². The minimum absolute atomic E-state index is 0.0891. The SMILES string of the molecule is Cc1ccc(C)c(CC(=O)NC2CCCCC2Cl)c1. The fraction of sp³-hybridized carbons (Fsp3) is 0.562. The fourth-order valence-corrected chi connectivity index (χ4v) is 3.01. The Hall–Kier alpha value is -1.02. The minimum atomic E-state index is 0.0891. The van der Waals surface area contributed by atoms with Crippen LogP contribution < -0.4 is 5.32 Å². The van der Waals surface area contributed by atoms with Gasteiger partial charge in [-0.2, -0.15) is 0 Å². The number of amides is 1. The first-order valence-electron chi connectivity index (χ1n) is 7.06. The van der Waals surface area contributed by atoms with Crippen LogP contribution in [0.4, 0.5) is 0 Å². The summed E-state index contributed by atoms with van der Waals surface area (Å²) in [5.74, 6) is 0.0891. The van der Waals surface area contributed by atoms with Crippen LogP contribution in [0.25, 0.3) is 0 Å². The molecule has 1 aromatic carbocycles. The maximum absolute atomic E-state index is 12.1. The topological polar surface area (TPSA) is 29.1 Å². The molecule has 2 nitrogen and oxygen atoms in total. The number of carbonyl (C=O) groups is 1. The van der Waals surface area contributed by atoms with Gasteiger partial charge in [0.15, 0.2) is 0 Å². The molecular formula is C16H22ClNO. The first-order chi connectivity index (χ1) is 9.06. The number of benzene rings is 1. The lowest BCUT2D eigenvalue weighted by Gasteiger charge is -2.28. The van der Waals surface area contributed by atoms with Crippen molar-refractivity contribution < 1.29 is 4.79 Å². The van der Waals surface area contributed by atoms with E-state index in [0.29, 0.717) is 6.42 Å². The van der Waals surface area contributed by atoms with Crippen molar-refractivity contribution in [2.75, 3.05) is 0 Å². The minimum Gasteiger partial charge on any atom is -0.352 e. The molecule has 0 spiro atoms. The molecule has 0 bridgehead atoms. The van der Waals surface area contributed by atoms with E-state index in [1.54, 1.807) is 0 Å². The van der Waals surface area contributed by atoms with E-state index in [2.05, 4.69) is 30.4 Å². The molecule has 2 unspecified atom stereocenters. The summed E-state index contributed by atoms with van der Waals surface area (Å²) in [6.07, 6.45) is 4.81. The number of hydrogen-bond donors (Lipinski definition) is 1. The molecule has 1 saturated carbocycles. The second kappa shape index (κ2) is 6.42. The third kappa shape index (κ3) is 3.97. The highest BCUT2D eigenvalue weighted by Crippen LogP contribution is 2.23. The molecule has 0 heterocycles. The summed E-state index contributed by atoms with van der Waals surface area (Å²) in [5.41, 5.74) is 3.48. The highest BCUT2D eigenvalue weighted by molar-refractivity contribution is 6.21. The van der Waals surface area contributed by atoms with Crippen LogP contribution >= 0.6 is 11.6 Å². The van der Waals surface area contributed by atoms with Gasteiger partial charge in [-0.1, -0.05) is 36.6 Å². The average Bonchev–Trinajstić information content (AvgIpc) is 2.37. The molecule has 1 N–H and O–H groups in total. The predicted octanol–water partition coefficient (Wildman–Crippen LogP) is 3.51. The predicted molar refractivity (Wildman–Crippen MR) is 79.7 cm³/mol. The molecule has 1 aromatic rings. The zero-order valence-electron chi connectivity index (χ0n) is 11.7. The van der Waals surface area contributed by atoms with E-state index >= 15 is 0 Å². The standard InChI is InChI=1S/C16H22ClNO/c1-11-7-8-12(2)13(9-11)10-16(19)18-15-6-4-3-5-14(15)17/h7-9,14-15H,3-6,10H2,1-2H3,(H,18,19). The lowest BCUT2D eigenvalue weighted by Crippen LogP contribution is -2.43. The second-order valence-electron chi connectivity index (χ2n) is 5.58. The molecule has 0 aromatic heterocycles. The number of halogens is 1.